The summed E-state index contributed by atoms with van der Waals surface area (Å²) in [7, 11) is 2.15. The maximum atomic E-state index is 11.7. The fraction of sp³-hybridized carbons (Fsp3) is 0.529. The van der Waals surface area contributed by atoms with Gasteiger partial charge in [-0.2, -0.15) is 0 Å². The first-order chi connectivity index (χ1) is 10.1. The fourth-order valence-electron chi connectivity index (χ4n) is 3.07. The molecular formula is C17H22N2OS. The third-order valence-electron chi connectivity index (χ3n) is 4.72. The first-order valence-electron chi connectivity index (χ1n) is 7.70. The van der Waals surface area contributed by atoms with Gasteiger partial charge in [-0.25, -0.2) is 4.99 Å². The lowest BCUT2D eigenvalue weighted by Gasteiger charge is -2.25. The van der Waals surface area contributed by atoms with Crippen LogP contribution in [0.2, 0.25) is 0 Å². The van der Waals surface area contributed by atoms with E-state index in [0.717, 1.165) is 34.2 Å². The molecule has 1 fully saturated rings. The number of aryl methyl sites for hydroxylation is 1. The maximum Gasteiger partial charge on any atom is 0.164 e. The lowest BCUT2D eigenvalue weighted by atomic mass is 10.0. The molecule has 1 aliphatic carbocycles. The van der Waals surface area contributed by atoms with Crippen molar-refractivity contribution in [1.82, 2.24) is 4.90 Å². The number of aliphatic imine (C=N–C) groups is 1. The molecule has 0 radical (unpaired) electrons. The van der Waals surface area contributed by atoms with Crippen LogP contribution in [0.4, 0.5) is 5.69 Å². The second-order valence-electron chi connectivity index (χ2n) is 6.03. The molecule has 3 rings (SSSR count). The zero-order valence-electron chi connectivity index (χ0n) is 12.9. The van der Waals surface area contributed by atoms with Crippen LogP contribution >= 0.6 is 11.8 Å². The van der Waals surface area contributed by atoms with Crippen LogP contribution in [0.25, 0.3) is 0 Å². The molecule has 0 bridgehead atoms. The van der Waals surface area contributed by atoms with Crippen LogP contribution in [0, 0.1) is 5.92 Å². The summed E-state index contributed by atoms with van der Waals surface area (Å²) in [5.74, 6) is 2.08. The third kappa shape index (κ3) is 2.73. The van der Waals surface area contributed by atoms with Gasteiger partial charge in [0.2, 0.25) is 0 Å². The molecule has 1 heterocycles. The number of fused-ring (bicyclic) bond motifs is 1. The van der Waals surface area contributed by atoms with Crippen LogP contribution in [0.15, 0.2) is 23.2 Å². The highest BCUT2D eigenvalue weighted by atomic mass is 32.2. The minimum atomic E-state index is 0.272. The molecule has 4 heteroatoms. The van der Waals surface area contributed by atoms with Crippen molar-refractivity contribution < 1.29 is 4.79 Å². The number of ketones is 1. The summed E-state index contributed by atoms with van der Waals surface area (Å²) in [6, 6.07) is 6.57. The topological polar surface area (TPSA) is 32.7 Å². The van der Waals surface area contributed by atoms with E-state index in [1.54, 1.807) is 0 Å². The molecule has 1 aromatic rings. The first kappa shape index (κ1) is 14.6. The number of thioether (sulfide) groups is 1. The molecule has 0 aromatic heterocycles. The van der Waals surface area contributed by atoms with E-state index in [-0.39, 0.29) is 5.78 Å². The normalized spacial score (nSPS) is 24.7. The summed E-state index contributed by atoms with van der Waals surface area (Å²) >= 11 is 1.84. The van der Waals surface area contributed by atoms with E-state index in [1.807, 2.05) is 23.9 Å². The Bertz CT molecular complexity index is 596. The highest BCUT2D eigenvalue weighted by Crippen LogP contribution is 2.32. The molecule has 2 aliphatic rings. The van der Waals surface area contributed by atoms with Crippen molar-refractivity contribution in [3.8, 4) is 0 Å². The van der Waals surface area contributed by atoms with E-state index in [0.29, 0.717) is 18.4 Å². The Morgan fingerprint density at radius 2 is 2.24 bits per heavy atom. The SMILES string of the molecule is CCC(C)C1CSC(=Nc2ccc3c(c2)CCC3=O)N1C. The van der Waals surface area contributed by atoms with E-state index in [2.05, 4.69) is 31.9 Å². The van der Waals surface area contributed by atoms with Crippen LogP contribution in [-0.2, 0) is 6.42 Å². The van der Waals surface area contributed by atoms with Crippen molar-refractivity contribution in [2.75, 3.05) is 12.8 Å². The molecular weight excluding hydrogens is 280 g/mol. The van der Waals surface area contributed by atoms with E-state index >= 15 is 0 Å². The Hall–Kier alpha value is -1.29. The van der Waals surface area contributed by atoms with Crippen molar-refractivity contribution in [3.05, 3.63) is 29.3 Å². The monoisotopic (exact) mass is 302 g/mol. The number of carbonyl (C=O) groups is 1. The molecule has 2 atom stereocenters. The van der Waals surface area contributed by atoms with Crippen LogP contribution in [0.3, 0.4) is 0 Å². The van der Waals surface area contributed by atoms with Crippen molar-refractivity contribution in [1.29, 1.82) is 0 Å². The summed E-state index contributed by atoms with van der Waals surface area (Å²) < 4.78 is 0. The standard InChI is InChI=1S/C17H22N2OS/c1-4-11(2)15-10-21-17(19(15)3)18-13-6-7-14-12(9-13)5-8-16(14)20/h6-7,9,11,15H,4-5,8,10H2,1-3H3. The third-order valence-corrected chi connectivity index (χ3v) is 5.86. The lowest BCUT2D eigenvalue weighted by molar-refractivity contribution is 0.0994. The maximum absolute atomic E-state index is 11.7. The highest BCUT2D eigenvalue weighted by Gasteiger charge is 2.30. The van der Waals surface area contributed by atoms with E-state index < -0.39 is 0 Å². The predicted octanol–water partition coefficient (Wildman–Crippen LogP) is 3.90. The van der Waals surface area contributed by atoms with Gasteiger partial charge in [-0.05, 0) is 36.1 Å². The Labute approximate surface area is 130 Å². The Kier molecular flexibility index (Phi) is 4.07. The van der Waals surface area contributed by atoms with Crippen molar-refractivity contribution >= 4 is 28.4 Å². The zero-order chi connectivity index (χ0) is 15.0. The average Bonchev–Trinajstić information content (AvgIpc) is 3.03. The van der Waals surface area contributed by atoms with E-state index in [1.165, 1.54) is 6.42 Å². The summed E-state index contributed by atoms with van der Waals surface area (Å²) in [5, 5.41) is 1.10. The van der Waals surface area contributed by atoms with Crippen LogP contribution in [-0.4, -0.2) is 34.7 Å². The number of nitrogens with zero attached hydrogens (tertiary/aromatic N) is 2. The van der Waals surface area contributed by atoms with Crippen LogP contribution in [0.1, 0.15) is 42.6 Å². The first-order valence-corrected chi connectivity index (χ1v) is 8.69. The molecule has 1 aromatic carbocycles. The molecule has 0 amide bonds. The van der Waals surface area contributed by atoms with Crippen LogP contribution in [0.5, 0.6) is 0 Å². The molecule has 3 nitrogen and oxygen atoms in total. The second kappa shape index (κ2) is 5.84. The number of Topliss-reactive ketones (excluding diaryl/α,β-unsaturated/α-hetero) is 1. The van der Waals surface area contributed by atoms with E-state index in [4.69, 9.17) is 4.99 Å². The van der Waals surface area contributed by atoms with Gasteiger partial charge in [0.25, 0.3) is 0 Å². The van der Waals surface area contributed by atoms with Crippen molar-refractivity contribution in [2.45, 2.75) is 39.2 Å². The Morgan fingerprint density at radius 1 is 1.43 bits per heavy atom. The molecule has 1 saturated heterocycles. The van der Waals surface area contributed by atoms with E-state index in [9.17, 15) is 4.79 Å². The van der Waals surface area contributed by atoms with Gasteiger partial charge in [-0.15, -0.1) is 0 Å². The van der Waals surface area contributed by atoms with Gasteiger partial charge < -0.3 is 4.90 Å². The van der Waals surface area contributed by atoms with Gasteiger partial charge in [0.1, 0.15) is 0 Å². The fourth-order valence-corrected chi connectivity index (χ4v) is 4.45. The van der Waals surface area contributed by atoms with Crippen molar-refractivity contribution in [3.63, 3.8) is 0 Å². The molecule has 21 heavy (non-hydrogen) atoms. The van der Waals surface area contributed by atoms with Crippen LogP contribution < -0.4 is 0 Å². The van der Waals surface area contributed by atoms with Gasteiger partial charge in [0.15, 0.2) is 11.0 Å². The van der Waals surface area contributed by atoms with Gasteiger partial charge in [0.05, 0.1) is 5.69 Å². The minimum absolute atomic E-state index is 0.272. The Morgan fingerprint density at radius 3 is 3.00 bits per heavy atom. The Balaban J connectivity index is 1.82. The number of rotatable bonds is 3. The number of hydrogen-bond acceptors (Lipinski definition) is 3. The largest absolute Gasteiger partial charge is 0.350 e. The number of hydrogen-bond donors (Lipinski definition) is 0. The van der Waals surface area contributed by atoms with Crippen molar-refractivity contribution in [2.24, 2.45) is 10.9 Å². The highest BCUT2D eigenvalue weighted by molar-refractivity contribution is 8.14. The van der Waals surface area contributed by atoms with Gasteiger partial charge in [0, 0.05) is 30.8 Å². The average molecular weight is 302 g/mol. The predicted molar refractivity (Wildman–Crippen MR) is 89.7 cm³/mol. The second-order valence-corrected chi connectivity index (χ2v) is 7.02. The molecule has 0 spiro atoms. The molecule has 2 unspecified atom stereocenters. The van der Waals surface area contributed by atoms with Gasteiger partial charge >= 0.3 is 0 Å². The zero-order valence-corrected chi connectivity index (χ0v) is 13.7. The quantitative estimate of drug-likeness (QED) is 0.849. The smallest absolute Gasteiger partial charge is 0.164 e. The van der Waals surface area contributed by atoms with Gasteiger partial charge in [-0.3, -0.25) is 4.79 Å². The number of carbonyl (C=O) groups excluding carboxylic acids is 1. The number of amidine groups is 1. The summed E-state index contributed by atoms with van der Waals surface area (Å²) in [6.45, 7) is 4.56. The summed E-state index contributed by atoms with van der Waals surface area (Å²) in [4.78, 5) is 18.8. The molecule has 0 N–H and O–H groups in total. The molecule has 1 aliphatic heterocycles. The minimum Gasteiger partial charge on any atom is -0.350 e. The number of benzene rings is 1. The lowest BCUT2D eigenvalue weighted by Crippen LogP contribution is -2.34. The summed E-state index contributed by atoms with van der Waals surface area (Å²) in [5.41, 5.74) is 3.03. The van der Waals surface area contributed by atoms with Gasteiger partial charge in [-0.1, -0.05) is 32.0 Å². The summed E-state index contributed by atoms with van der Waals surface area (Å²) in [6.07, 6.45) is 2.72. The molecule has 112 valence electrons. The molecule has 0 saturated carbocycles.